The lowest BCUT2D eigenvalue weighted by molar-refractivity contribution is -0.116. The van der Waals surface area contributed by atoms with Crippen LogP contribution in [0.5, 0.6) is 0 Å². The molecule has 0 bridgehead atoms. The fraction of sp³-hybridized carbons (Fsp3) is 0.500. The smallest absolute Gasteiger partial charge is 0.225 e. The minimum absolute atomic E-state index is 0.0483. The minimum Gasteiger partial charge on any atom is -0.392 e. The Kier molecular flexibility index (Phi) is 5.32. The van der Waals surface area contributed by atoms with E-state index in [0.29, 0.717) is 36.7 Å². The molecule has 1 aliphatic heterocycles. The van der Waals surface area contributed by atoms with Crippen LogP contribution in [0.15, 0.2) is 24.3 Å². The zero-order valence-electron chi connectivity index (χ0n) is 12.2. The number of rotatable bonds is 4. The molecule has 1 amide bonds. The van der Waals surface area contributed by atoms with E-state index in [9.17, 15) is 9.90 Å². The van der Waals surface area contributed by atoms with Crippen molar-refractivity contribution in [3.05, 3.63) is 29.8 Å². The molecule has 2 rings (SSSR count). The number of nitrogens with one attached hydrogen (secondary N) is 1. The number of piperidine rings is 1. The SMILES string of the molecule is CC1CCN(CCC(=O)Nc2ccc(C#N)cc2)CC1O. The first-order valence-corrected chi connectivity index (χ1v) is 7.29. The second kappa shape index (κ2) is 7.21. The maximum atomic E-state index is 11.9. The minimum atomic E-state index is -0.291. The number of hydrogen-bond donors (Lipinski definition) is 2. The lowest BCUT2D eigenvalue weighted by atomic mass is 9.96. The fourth-order valence-corrected chi connectivity index (χ4v) is 2.43. The highest BCUT2D eigenvalue weighted by molar-refractivity contribution is 5.90. The number of β-amino-alcohol motifs (C(OH)–C–C–N with tert-alkyl or cyclic N) is 1. The summed E-state index contributed by atoms with van der Waals surface area (Å²) in [6, 6.07) is 8.85. The average molecular weight is 287 g/mol. The Morgan fingerprint density at radius 3 is 2.81 bits per heavy atom. The van der Waals surface area contributed by atoms with E-state index in [4.69, 9.17) is 5.26 Å². The number of benzene rings is 1. The highest BCUT2D eigenvalue weighted by Gasteiger charge is 2.24. The van der Waals surface area contributed by atoms with Crippen molar-refractivity contribution >= 4 is 11.6 Å². The van der Waals surface area contributed by atoms with E-state index in [1.54, 1.807) is 24.3 Å². The molecule has 1 aromatic carbocycles. The van der Waals surface area contributed by atoms with Gasteiger partial charge in [0, 0.05) is 25.2 Å². The van der Waals surface area contributed by atoms with Crippen LogP contribution in [0.4, 0.5) is 5.69 Å². The molecule has 2 N–H and O–H groups in total. The van der Waals surface area contributed by atoms with Crippen LogP contribution in [-0.4, -0.2) is 41.7 Å². The maximum absolute atomic E-state index is 11.9. The first kappa shape index (κ1) is 15.5. The summed E-state index contributed by atoms with van der Waals surface area (Å²) in [4.78, 5) is 14.0. The van der Waals surface area contributed by atoms with Crippen molar-refractivity contribution in [1.82, 2.24) is 4.90 Å². The van der Waals surface area contributed by atoms with E-state index in [2.05, 4.69) is 17.1 Å². The summed E-state index contributed by atoms with van der Waals surface area (Å²) in [6.07, 6.45) is 1.08. The summed E-state index contributed by atoms with van der Waals surface area (Å²) in [5.74, 6) is 0.293. The number of aliphatic hydroxyl groups is 1. The third-order valence-electron chi connectivity index (χ3n) is 3.96. The zero-order chi connectivity index (χ0) is 15.2. The molecule has 1 saturated heterocycles. The number of carbonyl (C=O) groups excluding carboxylic acids is 1. The number of amides is 1. The third-order valence-corrected chi connectivity index (χ3v) is 3.96. The first-order chi connectivity index (χ1) is 10.1. The van der Waals surface area contributed by atoms with E-state index in [1.807, 2.05) is 6.07 Å². The van der Waals surface area contributed by atoms with Crippen molar-refractivity contribution < 1.29 is 9.90 Å². The molecule has 0 radical (unpaired) electrons. The van der Waals surface area contributed by atoms with Crippen LogP contribution in [0, 0.1) is 17.2 Å². The van der Waals surface area contributed by atoms with Crippen molar-refractivity contribution in [2.45, 2.75) is 25.9 Å². The fourth-order valence-electron chi connectivity index (χ4n) is 2.43. The average Bonchev–Trinajstić information content (AvgIpc) is 2.49. The summed E-state index contributed by atoms with van der Waals surface area (Å²) in [5.41, 5.74) is 1.27. The summed E-state index contributed by atoms with van der Waals surface area (Å²) in [6.45, 7) is 4.29. The first-order valence-electron chi connectivity index (χ1n) is 7.29. The van der Waals surface area contributed by atoms with Gasteiger partial charge in [-0.3, -0.25) is 4.79 Å². The van der Waals surface area contributed by atoms with Gasteiger partial charge in [-0.15, -0.1) is 0 Å². The van der Waals surface area contributed by atoms with Gasteiger partial charge in [-0.2, -0.15) is 5.26 Å². The molecule has 1 heterocycles. The molecule has 1 aromatic rings. The Balaban J connectivity index is 1.76. The molecule has 1 aliphatic rings. The lowest BCUT2D eigenvalue weighted by Crippen LogP contribution is -2.43. The van der Waals surface area contributed by atoms with Gasteiger partial charge >= 0.3 is 0 Å². The molecule has 1 fully saturated rings. The Labute approximate surface area is 125 Å². The largest absolute Gasteiger partial charge is 0.392 e. The van der Waals surface area contributed by atoms with Crippen LogP contribution in [0.3, 0.4) is 0 Å². The van der Waals surface area contributed by atoms with Gasteiger partial charge in [-0.05, 0) is 43.1 Å². The summed E-state index contributed by atoms with van der Waals surface area (Å²) >= 11 is 0. The predicted molar refractivity (Wildman–Crippen MR) is 80.6 cm³/mol. The highest BCUT2D eigenvalue weighted by Crippen LogP contribution is 2.17. The van der Waals surface area contributed by atoms with Gasteiger partial charge in [0.1, 0.15) is 0 Å². The predicted octanol–water partition coefficient (Wildman–Crippen LogP) is 1.59. The van der Waals surface area contributed by atoms with Crippen molar-refractivity contribution in [2.75, 3.05) is 25.0 Å². The quantitative estimate of drug-likeness (QED) is 0.881. The maximum Gasteiger partial charge on any atom is 0.225 e. The standard InChI is InChI=1S/C16H21N3O2/c1-12-6-8-19(11-15(12)20)9-7-16(21)18-14-4-2-13(10-17)3-5-14/h2-5,12,15,20H,6-9,11H2,1H3,(H,18,21). The highest BCUT2D eigenvalue weighted by atomic mass is 16.3. The van der Waals surface area contributed by atoms with Gasteiger partial charge in [0.25, 0.3) is 0 Å². The molecule has 112 valence electrons. The number of aliphatic hydroxyl groups excluding tert-OH is 1. The van der Waals surface area contributed by atoms with Crippen molar-refractivity contribution in [2.24, 2.45) is 5.92 Å². The number of hydrogen-bond acceptors (Lipinski definition) is 4. The molecular formula is C16H21N3O2. The molecule has 2 unspecified atom stereocenters. The lowest BCUT2D eigenvalue weighted by Gasteiger charge is -2.34. The van der Waals surface area contributed by atoms with Crippen LogP contribution in [0.1, 0.15) is 25.3 Å². The summed E-state index contributed by atoms with van der Waals surface area (Å²) in [5, 5.41) is 21.4. The van der Waals surface area contributed by atoms with E-state index < -0.39 is 0 Å². The molecule has 5 heteroatoms. The van der Waals surface area contributed by atoms with Crippen molar-refractivity contribution in [3.8, 4) is 6.07 Å². The molecule has 21 heavy (non-hydrogen) atoms. The molecule has 0 aromatic heterocycles. The van der Waals surface area contributed by atoms with Gasteiger partial charge in [-0.25, -0.2) is 0 Å². The van der Waals surface area contributed by atoms with Crippen LogP contribution in [0.2, 0.25) is 0 Å². The summed E-state index contributed by atoms with van der Waals surface area (Å²) in [7, 11) is 0. The van der Waals surface area contributed by atoms with Gasteiger partial charge in [0.05, 0.1) is 17.7 Å². The van der Waals surface area contributed by atoms with Crippen LogP contribution in [-0.2, 0) is 4.79 Å². The summed E-state index contributed by atoms with van der Waals surface area (Å²) < 4.78 is 0. The number of carbonyl (C=O) groups is 1. The van der Waals surface area contributed by atoms with Gasteiger partial charge in [0.2, 0.25) is 5.91 Å². The van der Waals surface area contributed by atoms with Crippen LogP contribution in [0.25, 0.3) is 0 Å². The number of nitriles is 1. The molecule has 0 saturated carbocycles. The van der Waals surface area contributed by atoms with Gasteiger partial charge in [0.15, 0.2) is 0 Å². The zero-order valence-corrected chi connectivity index (χ0v) is 12.2. The Bertz CT molecular complexity index is 521. The van der Waals surface area contributed by atoms with E-state index in [0.717, 1.165) is 13.0 Å². The van der Waals surface area contributed by atoms with Crippen molar-refractivity contribution in [3.63, 3.8) is 0 Å². The number of nitrogens with zero attached hydrogens (tertiary/aromatic N) is 2. The normalized spacial score (nSPS) is 22.5. The third kappa shape index (κ3) is 4.55. The molecule has 2 atom stereocenters. The molecular weight excluding hydrogens is 266 g/mol. The van der Waals surface area contributed by atoms with E-state index >= 15 is 0 Å². The molecule has 0 spiro atoms. The second-order valence-electron chi connectivity index (χ2n) is 5.62. The second-order valence-corrected chi connectivity index (χ2v) is 5.62. The van der Waals surface area contributed by atoms with Crippen molar-refractivity contribution in [1.29, 1.82) is 5.26 Å². The van der Waals surface area contributed by atoms with Gasteiger partial charge in [-0.1, -0.05) is 6.92 Å². The van der Waals surface area contributed by atoms with E-state index in [-0.39, 0.29) is 12.0 Å². The van der Waals surface area contributed by atoms with Gasteiger partial charge < -0.3 is 15.3 Å². The van der Waals surface area contributed by atoms with Crippen LogP contribution < -0.4 is 5.32 Å². The Morgan fingerprint density at radius 2 is 2.19 bits per heavy atom. The molecule has 0 aliphatic carbocycles. The Hall–Kier alpha value is -1.90. The Morgan fingerprint density at radius 1 is 1.48 bits per heavy atom. The molecule has 5 nitrogen and oxygen atoms in total. The number of anilines is 1. The topological polar surface area (TPSA) is 76.4 Å². The van der Waals surface area contributed by atoms with Crippen LogP contribution >= 0.6 is 0 Å². The monoisotopic (exact) mass is 287 g/mol. The van der Waals surface area contributed by atoms with E-state index in [1.165, 1.54) is 0 Å². The number of likely N-dealkylation sites (tertiary alicyclic amines) is 1.